The number of carbonyl (C=O) groups is 1. The lowest BCUT2D eigenvalue weighted by molar-refractivity contribution is 0.0266. The van der Waals surface area contributed by atoms with Crippen molar-refractivity contribution in [2.75, 3.05) is 18.4 Å². The van der Waals surface area contributed by atoms with E-state index in [1.807, 2.05) is 6.07 Å². The summed E-state index contributed by atoms with van der Waals surface area (Å²) in [5.74, 6) is 1.54. The molecule has 2 fully saturated rings. The zero-order valence-electron chi connectivity index (χ0n) is 16.9. The molecule has 0 spiro atoms. The van der Waals surface area contributed by atoms with Crippen LogP contribution in [0.4, 0.5) is 5.69 Å². The van der Waals surface area contributed by atoms with E-state index in [4.69, 9.17) is 0 Å². The van der Waals surface area contributed by atoms with Crippen molar-refractivity contribution in [1.29, 1.82) is 0 Å². The van der Waals surface area contributed by atoms with Crippen LogP contribution in [0.25, 0.3) is 0 Å². The van der Waals surface area contributed by atoms with Crippen LogP contribution < -0.4 is 5.32 Å². The molecule has 3 atom stereocenters. The highest BCUT2D eigenvalue weighted by Crippen LogP contribution is 2.49. The topological polar surface area (TPSA) is 32.3 Å². The summed E-state index contributed by atoms with van der Waals surface area (Å²) < 4.78 is 0. The number of Topliss-reactive ketones (excluding diaryl/α,β-unsaturated/α-hetero) is 1. The Morgan fingerprint density at radius 2 is 1.93 bits per heavy atom. The molecule has 3 aliphatic rings. The maximum absolute atomic E-state index is 13.4. The zero-order chi connectivity index (χ0) is 19.3. The predicted octanol–water partition coefficient (Wildman–Crippen LogP) is 4.87. The normalized spacial score (nSPS) is 29.4. The SMILES string of the molecule is C[C@H]1[C@H]2C(=O)c3ccc(NCc4ccccc4)cc3[C@]1(C)CCN2CC1CC1. The summed E-state index contributed by atoms with van der Waals surface area (Å²) in [5, 5.41) is 3.55. The molecule has 2 bridgehead atoms. The second kappa shape index (κ2) is 6.73. The molecule has 3 nitrogen and oxygen atoms in total. The molecule has 3 heteroatoms. The average Bonchev–Trinajstić information content (AvgIpc) is 3.53. The third kappa shape index (κ3) is 2.97. The zero-order valence-corrected chi connectivity index (χ0v) is 16.9. The van der Waals surface area contributed by atoms with Gasteiger partial charge >= 0.3 is 0 Å². The van der Waals surface area contributed by atoms with Crippen LogP contribution in [-0.4, -0.2) is 29.8 Å². The van der Waals surface area contributed by atoms with E-state index in [0.717, 1.165) is 43.2 Å². The van der Waals surface area contributed by atoms with Crippen LogP contribution in [-0.2, 0) is 12.0 Å². The molecule has 2 aliphatic carbocycles. The number of piperidine rings is 1. The van der Waals surface area contributed by atoms with Gasteiger partial charge in [0.2, 0.25) is 0 Å². The Kier molecular flexibility index (Phi) is 4.31. The Labute approximate surface area is 168 Å². The molecule has 2 aromatic carbocycles. The van der Waals surface area contributed by atoms with Crippen molar-refractivity contribution >= 4 is 11.5 Å². The van der Waals surface area contributed by atoms with Crippen molar-refractivity contribution < 1.29 is 4.79 Å². The summed E-state index contributed by atoms with van der Waals surface area (Å²) in [6.45, 7) is 7.65. The summed E-state index contributed by atoms with van der Waals surface area (Å²) in [6, 6.07) is 16.9. The van der Waals surface area contributed by atoms with E-state index in [0.29, 0.717) is 11.7 Å². The first kappa shape index (κ1) is 17.9. The molecule has 2 aromatic rings. The van der Waals surface area contributed by atoms with Crippen molar-refractivity contribution in [3.8, 4) is 0 Å². The molecule has 5 rings (SSSR count). The molecule has 0 amide bonds. The number of benzene rings is 2. The van der Waals surface area contributed by atoms with Crippen LogP contribution in [0.15, 0.2) is 48.5 Å². The number of likely N-dealkylation sites (tertiary alicyclic amines) is 1. The lowest BCUT2D eigenvalue weighted by Crippen LogP contribution is -2.61. The molecule has 1 heterocycles. The highest BCUT2D eigenvalue weighted by atomic mass is 16.1. The minimum absolute atomic E-state index is 0.0648. The van der Waals surface area contributed by atoms with E-state index >= 15 is 0 Å². The molecule has 146 valence electrons. The Hall–Kier alpha value is -2.13. The Bertz CT molecular complexity index is 889. The van der Waals surface area contributed by atoms with Gasteiger partial charge in [-0.2, -0.15) is 0 Å². The summed E-state index contributed by atoms with van der Waals surface area (Å²) in [7, 11) is 0. The number of hydrogen-bond acceptors (Lipinski definition) is 3. The number of anilines is 1. The first-order valence-corrected chi connectivity index (χ1v) is 10.8. The maximum atomic E-state index is 13.4. The van der Waals surface area contributed by atoms with Crippen molar-refractivity contribution in [1.82, 2.24) is 4.90 Å². The van der Waals surface area contributed by atoms with Crippen LogP contribution in [0, 0.1) is 11.8 Å². The standard InChI is InChI=1S/C25H30N2O/c1-17-23-24(28)21-11-10-20(26-15-18-6-4-3-5-7-18)14-22(21)25(17,2)12-13-27(23)16-19-8-9-19/h3-7,10-11,14,17,19,23,26H,8-9,12-13,15-16H2,1-2H3/t17-,23-,25+/m0/s1. The number of hydrogen-bond donors (Lipinski definition) is 1. The van der Waals surface area contributed by atoms with E-state index in [9.17, 15) is 4.79 Å². The highest BCUT2D eigenvalue weighted by molar-refractivity contribution is 6.04. The van der Waals surface area contributed by atoms with Gasteiger partial charge in [0.25, 0.3) is 0 Å². The van der Waals surface area contributed by atoms with E-state index < -0.39 is 0 Å². The van der Waals surface area contributed by atoms with Crippen molar-refractivity contribution in [2.45, 2.75) is 51.1 Å². The van der Waals surface area contributed by atoms with Gasteiger partial charge in [-0.1, -0.05) is 44.2 Å². The van der Waals surface area contributed by atoms with Gasteiger partial charge in [0.1, 0.15) is 0 Å². The molecule has 1 saturated heterocycles. The van der Waals surface area contributed by atoms with Gasteiger partial charge in [-0.15, -0.1) is 0 Å². The van der Waals surface area contributed by atoms with Crippen LogP contribution in [0.3, 0.4) is 0 Å². The van der Waals surface area contributed by atoms with Gasteiger partial charge in [0.05, 0.1) is 6.04 Å². The lowest BCUT2D eigenvalue weighted by atomic mass is 9.58. The third-order valence-corrected chi connectivity index (χ3v) is 7.49. The van der Waals surface area contributed by atoms with Crippen LogP contribution in [0.5, 0.6) is 0 Å². The van der Waals surface area contributed by atoms with Crippen molar-refractivity contribution in [2.24, 2.45) is 11.8 Å². The number of carbonyl (C=O) groups excluding carboxylic acids is 1. The molecule has 0 aromatic heterocycles. The largest absolute Gasteiger partial charge is 0.381 e. The van der Waals surface area contributed by atoms with Gasteiger partial charge in [-0.05, 0) is 72.4 Å². The van der Waals surface area contributed by atoms with Crippen LogP contribution in [0.2, 0.25) is 0 Å². The molecule has 28 heavy (non-hydrogen) atoms. The van der Waals surface area contributed by atoms with Gasteiger partial charge < -0.3 is 5.32 Å². The highest BCUT2D eigenvalue weighted by Gasteiger charge is 2.52. The number of ketones is 1. The van der Waals surface area contributed by atoms with Crippen molar-refractivity contribution in [3.63, 3.8) is 0 Å². The first-order valence-electron chi connectivity index (χ1n) is 10.8. The molecular weight excluding hydrogens is 344 g/mol. The maximum Gasteiger partial charge on any atom is 0.180 e. The van der Waals surface area contributed by atoms with E-state index in [-0.39, 0.29) is 11.5 Å². The van der Waals surface area contributed by atoms with Gasteiger partial charge in [0, 0.05) is 24.3 Å². The Morgan fingerprint density at radius 3 is 2.68 bits per heavy atom. The number of nitrogens with one attached hydrogen (secondary N) is 1. The fourth-order valence-electron chi connectivity index (χ4n) is 5.32. The van der Waals surface area contributed by atoms with Crippen LogP contribution in [0.1, 0.15) is 54.6 Å². The molecule has 1 aliphatic heterocycles. The molecule has 1 N–H and O–H groups in total. The second-order valence-electron chi connectivity index (χ2n) is 9.30. The predicted molar refractivity (Wildman–Crippen MR) is 114 cm³/mol. The van der Waals surface area contributed by atoms with Gasteiger partial charge in [-0.3, -0.25) is 9.69 Å². The van der Waals surface area contributed by atoms with E-state index in [1.54, 1.807) is 0 Å². The number of rotatable bonds is 5. The van der Waals surface area contributed by atoms with Gasteiger partial charge in [-0.25, -0.2) is 0 Å². The van der Waals surface area contributed by atoms with Crippen LogP contribution >= 0.6 is 0 Å². The number of nitrogens with zero attached hydrogens (tertiary/aromatic N) is 1. The smallest absolute Gasteiger partial charge is 0.180 e. The van der Waals surface area contributed by atoms with Gasteiger partial charge in [0.15, 0.2) is 5.78 Å². The molecule has 1 saturated carbocycles. The summed E-state index contributed by atoms with van der Waals surface area (Å²) in [6.07, 6.45) is 3.83. The third-order valence-electron chi connectivity index (χ3n) is 7.49. The minimum Gasteiger partial charge on any atom is -0.381 e. The second-order valence-corrected chi connectivity index (χ2v) is 9.30. The van der Waals surface area contributed by atoms with E-state index in [2.05, 4.69) is 66.5 Å². The molecular formula is C25H30N2O. The summed E-state index contributed by atoms with van der Waals surface area (Å²) in [4.78, 5) is 15.9. The average molecular weight is 375 g/mol. The minimum atomic E-state index is 0.0648. The number of fused-ring (bicyclic) bond motifs is 4. The Morgan fingerprint density at radius 1 is 1.14 bits per heavy atom. The monoisotopic (exact) mass is 374 g/mol. The molecule has 0 unspecified atom stereocenters. The quantitative estimate of drug-likeness (QED) is 0.810. The Balaban J connectivity index is 1.43. The first-order chi connectivity index (χ1) is 13.6. The van der Waals surface area contributed by atoms with Crippen molar-refractivity contribution in [3.05, 3.63) is 65.2 Å². The molecule has 0 radical (unpaired) electrons. The summed E-state index contributed by atoms with van der Waals surface area (Å²) in [5.41, 5.74) is 4.67. The fourth-order valence-corrected chi connectivity index (χ4v) is 5.32. The fraction of sp³-hybridized carbons (Fsp3) is 0.480. The summed E-state index contributed by atoms with van der Waals surface area (Å²) >= 11 is 0. The van der Waals surface area contributed by atoms with E-state index in [1.165, 1.54) is 24.0 Å². The lowest BCUT2D eigenvalue weighted by Gasteiger charge is -2.53.